The molecule has 4 nitrogen and oxygen atoms in total. The van der Waals surface area contributed by atoms with Crippen molar-refractivity contribution in [3.8, 4) is 0 Å². The van der Waals surface area contributed by atoms with Crippen LogP contribution in [-0.2, 0) is 4.79 Å². The lowest BCUT2D eigenvalue weighted by atomic mass is 10.2. The van der Waals surface area contributed by atoms with Gasteiger partial charge < -0.3 is 16.0 Å². The van der Waals surface area contributed by atoms with Crippen LogP contribution in [0.5, 0.6) is 0 Å². The molecule has 17 heavy (non-hydrogen) atoms. The quantitative estimate of drug-likeness (QED) is 0.748. The Morgan fingerprint density at radius 1 is 1.47 bits per heavy atom. The molecule has 92 valence electrons. The number of hydrogen-bond acceptors (Lipinski definition) is 3. The number of hydrogen-bond donors (Lipinski definition) is 2. The molecule has 1 saturated heterocycles. The molecule has 0 unspecified atom stereocenters. The zero-order valence-electron chi connectivity index (χ0n) is 9.17. The van der Waals surface area contributed by atoms with E-state index in [0.717, 1.165) is 6.42 Å². The highest BCUT2D eigenvalue weighted by molar-refractivity contribution is 6.31. The van der Waals surface area contributed by atoms with Gasteiger partial charge in [-0.2, -0.15) is 0 Å². The number of carbonyl (C=O) groups excluding carboxylic acids is 1. The zero-order valence-corrected chi connectivity index (χ0v) is 9.93. The summed E-state index contributed by atoms with van der Waals surface area (Å²) in [7, 11) is 0. The van der Waals surface area contributed by atoms with Crippen molar-refractivity contribution < 1.29 is 9.18 Å². The molecular formula is C11H13ClFN3O. The number of nitrogen functional groups attached to an aromatic ring is 1. The number of nitrogens with zero attached hydrogens (tertiary/aromatic N) is 1. The minimum Gasteiger partial charge on any atom is -0.397 e. The van der Waals surface area contributed by atoms with Crippen LogP contribution in [-0.4, -0.2) is 25.5 Å². The Balaban J connectivity index is 2.32. The Labute approximate surface area is 104 Å². The van der Waals surface area contributed by atoms with Crippen molar-refractivity contribution in [1.29, 1.82) is 0 Å². The molecule has 1 amide bonds. The molecule has 6 heteroatoms. The van der Waals surface area contributed by atoms with Gasteiger partial charge in [0.1, 0.15) is 5.82 Å². The van der Waals surface area contributed by atoms with Gasteiger partial charge in [-0.1, -0.05) is 11.6 Å². The van der Waals surface area contributed by atoms with Crippen molar-refractivity contribution >= 4 is 28.9 Å². The largest absolute Gasteiger partial charge is 0.397 e. The summed E-state index contributed by atoms with van der Waals surface area (Å²) in [4.78, 5) is 13.2. The van der Waals surface area contributed by atoms with Gasteiger partial charge in [-0.3, -0.25) is 4.79 Å². The van der Waals surface area contributed by atoms with Crippen LogP contribution in [0.4, 0.5) is 15.8 Å². The number of benzene rings is 1. The first kappa shape index (κ1) is 12.0. The van der Waals surface area contributed by atoms with E-state index in [1.807, 2.05) is 4.90 Å². The third kappa shape index (κ3) is 2.61. The normalized spacial score (nSPS) is 16.6. The highest BCUT2D eigenvalue weighted by Crippen LogP contribution is 2.29. The first-order valence-electron chi connectivity index (χ1n) is 5.34. The average molecular weight is 258 g/mol. The molecule has 0 aliphatic carbocycles. The van der Waals surface area contributed by atoms with Crippen molar-refractivity contribution in [1.82, 2.24) is 5.32 Å². The second-order valence-electron chi connectivity index (χ2n) is 3.95. The maximum absolute atomic E-state index is 13.2. The van der Waals surface area contributed by atoms with Gasteiger partial charge in [-0.15, -0.1) is 0 Å². The van der Waals surface area contributed by atoms with Gasteiger partial charge >= 0.3 is 0 Å². The summed E-state index contributed by atoms with van der Waals surface area (Å²) in [5.74, 6) is -0.616. The fraction of sp³-hybridized carbons (Fsp3) is 0.364. The van der Waals surface area contributed by atoms with Crippen LogP contribution in [0.25, 0.3) is 0 Å². The predicted molar refractivity (Wildman–Crippen MR) is 65.7 cm³/mol. The third-order valence-electron chi connectivity index (χ3n) is 2.67. The number of carbonyl (C=O) groups is 1. The average Bonchev–Trinajstić information content (AvgIpc) is 2.48. The topological polar surface area (TPSA) is 58.4 Å². The summed E-state index contributed by atoms with van der Waals surface area (Å²) in [5.41, 5.74) is 6.64. The molecule has 1 aliphatic heterocycles. The summed E-state index contributed by atoms with van der Waals surface area (Å²) in [6.45, 7) is 1.54. The number of nitrogens with two attached hydrogens (primary N) is 1. The molecule has 1 aromatic carbocycles. The molecule has 1 aliphatic rings. The monoisotopic (exact) mass is 257 g/mol. The lowest BCUT2D eigenvalue weighted by molar-refractivity contribution is -0.119. The van der Waals surface area contributed by atoms with Crippen LogP contribution < -0.4 is 16.0 Å². The number of nitrogens with one attached hydrogen (secondary N) is 1. The minimum absolute atomic E-state index is 0.0128. The van der Waals surface area contributed by atoms with Gasteiger partial charge in [-0.05, 0) is 12.5 Å². The molecule has 1 heterocycles. The molecule has 1 aromatic rings. The minimum atomic E-state index is -0.549. The van der Waals surface area contributed by atoms with Gasteiger partial charge in [0.05, 0.1) is 22.9 Å². The second-order valence-corrected chi connectivity index (χ2v) is 4.36. The predicted octanol–water partition coefficient (Wildman–Crippen LogP) is 1.39. The number of halogens is 2. The molecule has 0 spiro atoms. The van der Waals surface area contributed by atoms with Crippen LogP contribution >= 0.6 is 11.6 Å². The first-order valence-corrected chi connectivity index (χ1v) is 5.72. The molecular weight excluding hydrogens is 245 g/mol. The van der Waals surface area contributed by atoms with E-state index in [4.69, 9.17) is 17.3 Å². The molecule has 1 fully saturated rings. The number of anilines is 2. The Morgan fingerprint density at radius 3 is 3.00 bits per heavy atom. The maximum atomic E-state index is 13.2. The van der Waals surface area contributed by atoms with Crippen molar-refractivity contribution in [3.05, 3.63) is 23.0 Å². The number of amides is 1. The summed E-state index contributed by atoms with van der Waals surface area (Å²) >= 11 is 5.72. The van der Waals surface area contributed by atoms with E-state index < -0.39 is 5.82 Å². The van der Waals surface area contributed by atoms with Crippen molar-refractivity contribution in [2.45, 2.75) is 6.42 Å². The first-order chi connectivity index (χ1) is 8.08. The van der Waals surface area contributed by atoms with Crippen LogP contribution in [0.3, 0.4) is 0 Å². The SMILES string of the molecule is Nc1cc(F)c(Cl)cc1N1CCCNC(=O)C1. The van der Waals surface area contributed by atoms with E-state index in [1.165, 1.54) is 12.1 Å². The van der Waals surface area contributed by atoms with E-state index in [1.54, 1.807) is 0 Å². The fourth-order valence-corrected chi connectivity index (χ4v) is 2.00. The summed E-state index contributed by atoms with van der Waals surface area (Å²) < 4.78 is 13.2. The lowest BCUT2D eigenvalue weighted by Gasteiger charge is -2.23. The number of rotatable bonds is 1. The van der Waals surface area contributed by atoms with Gasteiger partial charge in [0.2, 0.25) is 5.91 Å². The third-order valence-corrected chi connectivity index (χ3v) is 2.96. The highest BCUT2D eigenvalue weighted by atomic mass is 35.5. The summed E-state index contributed by atoms with van der Waals surface area (Å²) in [6.07, 6.45) is 0.820. The molecule has 0 atom stereocenters. The summed E-state index contributed by atoms with van der Waals surface area (Å²) in [6, 6.07) is 2.64. The molecule has 0 aromatic heterocycles. The van der Waals surface area contributed by atoms with Gasteiger partial charge in [0, 0.05) is 19.2 Å². The van der Waals surface area contributed by atoms with E-state index in [0.29, 0.717) is 24.5 Å². The van der Waals surface area contributed by atoms with Gasteiger partial charge in [0.25, 0.3) is 0 Å². The molecule has 0 radical (unpaired) electrons. The van der Waals surface area contributed by atoms with Crippen LogP contribution in [0.2, 0.25) is 5.02 Å². The molecule has 3 N–H and O–H groups in total. The Kier molecular flexibility index (Phi) is 3.38. The van der Waals surface area contributed by atoms with E-state index in [9.17, 15) is 9.18 Å². The van der Waals surface area contributed by atoms with Crippen molar-refractivity contribution in [2.24, 2.45) is 0 Å². The standard InChI is InChI=1S/C11H13ClFN3O/c12-7-4-10(9(14)5-8(7)13)16-3-1-2-15-11(17)6-16/h4-5H,1-3,6,14H2,(H,15,17). The molecule has 2 rings (SSSR count). The maximum Gasteiger partial charge on any atom is 0.239 e. The van der Waals surface area contributed by atoms with Crippen LogP contribution in [0, 0.1) is 5.82 Å². The van der Waals surface area contributed by atoms with E-state index in [-0.39, 0.29) is 17.5 Å². The van der Waals surface area contributed by atoms with Crippen molar-refractivity contribution in [2.75, 3.05) is 30.3 Å². The Bertz CT molecular complexity index is 453. The Morgan fingerprint density at radius 2 is 2.24 bits per heavy atom. The van der Waals surface area contributed by atoms with Crippen LogP contribution in [0.1, 0.15) is 6.42 Å². The van der Waals surface area contributed by atoms with Crippen LogP contribution in [0.15, 0.2) is 12.1 Å². The Hall–Kier alpha value is -1.49. The lowest BCUT2D eigenvalue weighted by Crippen LogP contribution is -2.33. The smallest absolute Gasteiger partial charge is 0.239 e. The highest BCUT2D eigenvalue weighted by Gasteiger charge is 2.18. The van der Waals surface area contributed by atoms with Gasteiger partial charge in [-0.25, -0.2) is 4.39 Å². The zero-order chi connectivity index (χ0) is 12.4. The second kappa shape index (κ2) is 4.79. The molecule has 0 bridgehead atoms. The van der Waals surface area contributed by atoms with E-state index >= 15 is 0 Å². The fourth-order valence-electron chi connectivity index (χ4n) is 1.84. The van der Waals surface area contributed by atoms with Crippen molar-refractivity contribution in [3.63, 3.8) is 0 Å². The molecule has 0 saturated carbocycles. The van der Waals surface area contributed by atoms with Gasteiger partial charge in [0.15, 0.2) is 0 Å². The van der Waals surface area contributed by atoms with E-state index in [2.05, 4.69) is 5.32 Å². The summed E-state index contributed by atoms with van der Waals surface area (Å²) in [5, 5.41) is 2.77.